The van der Waals surface area contributed by atoms with Gasteiger partial charge in [-0.25, -0.2) is 4.39 Å². The molecule has 0 heterocycles. The number of benzene rings is 2. The minimum Gasteiger partial charge on any atom is -0.486 e. The standard InChI is InChI=1S/C18H22FNO/c1-4-20-11-15-7-8-18(17(19)10-15)21-12-16-9-13(2)5-6-14(16)3/h5-10,20H,4,11-12H2,1-3H3. The van der Waals surface area contributed by atoms with Crippen LogP contribution in [0, 0.1) is 19.7 Å². The molecule has 0 aromatic heterocycles. The average Bonchev–Trinajstić information content (AvgIpc) is 2.47. The van der Waals surface area contributed by atoms with Gasteiger partial charge in [0.15, 0.2) is 11.6 Å². The molecule has 2 aromatic rings. The molecule has 0 saturated heterocycles. The Morgan fingerprint density at radius 2 is 1.90 bits per heavy atom. The van der Waals surface area contributed by atoms with Crippen molar-refractivity contribution in [3.05, 3.63) is 64.5 Å². The smallest absolute Gasteiger partial charge is 0.165 e. The van der Waals surface area contributed by atoms with Crippen LogP contribution in [0.25, 0.3) is 0 Å². The van der Waals surface area contributed by atoms with Crippen molar-refractivity contribution in [2.24, 2.45) is 0 Å². The summed E-state index contributed by atoms with van der Waals surface area (Å²) in [5.41, 5.74) is 4.35. The summed E-state index contributed by atoms with van der Waals surface area (Å²) in [6, 6.07) is 11.3. The topological polar surface area (TPSA) is 21.3 Å². The van der Waals surface area contributed by atoms with Crippen molar-refractivity contribution >= 4 is 0 Å². The highest BCUT2D eigenvalue weighted by Crippen LogP contribution is 2.21. The molecule has 0 fully saturated rings. The highest BCUT2D eigenvalue weighted by molar-refractivity contribution is 5.32. The summed E-state index contributed by atoms with van der Waals surface area (Å²) in [6.45, 7) is 8.03. The molecule has 0 aliphatic carbocycles. The molecule has 0 atom stereocenters. The van der Waals surface area contributed by atoms with Gasteiger partial charge in [0.2, 0.25) is 0 Å². The van der Waals surface area contributed by atoms with Crippen molar-refractivity contribution in [2.75, 3.05) is 6.54 Å². The highest BCUT2D eigenvalue weighted by Gasteiger charge is 2.06. The maximum absolute atomic E-state index is 14.0. The SMILES string of the molecule is CCNCc1ccc(OCc2cc(C)ccc2C)c(F)c1. The van der Waals surface area contributed by atoms with E-state index >= 15 is 0 Å². The van der Waals surface area contributed by atoms with Gasteiger partial charge in [0.1, 0.15) is 6.61 Å². The lowest BCUT2D eigenvalue weighted by atomic mass is 10.1. The Labute approximate surface area is 126 Å². The van der Waals surface area contributed by atoms with Crippen LogP contribution < -0.4 is 10.1 Å². The van der Waals surface area contributed by atoms with Gasteiger partial charge in [-0.15, -0.1) is 0 Å². The molecule has 2 aromatic carbocycles. The number of aryl methyl sites for hydroxylation is 2. The van der Waals surface area contributed by atoms with E-state index in [1.54, 1.807) is 6.07 Å². The van der Waals surface area contributed by atoms with E-state index in [2.05, 4.69) is 23.5 Å². The van der Waals surface area contributed by atoms with Crippen LogP contribution in [0.1, 0.15) is 29.2 Å². The number of nitrogens with one attached hydrogen (secondary N) is 1. The first-order valence-electron chi connectivity index (χ1n) is 7.28. The van der Waals surface area contributed by atoms with Gasteiger partial charge in [-0.2, -0.15) is 0 Å². The van der Waals surface area contributed by atoms with Crippen LogP contribution in [0.3, 0.4) is 0 Å². The minimum atomic E-state index is -0.310. The molecule has 0 aliphatic rings. The molecule has 0 bridgehead atoms. The predicted molar refractivity (Wildman–Crippen MR) is 84.0 cm³/mol. The molecule has 0 spiro atoms. The number of hydrogen-bond donors (Lipinski definition) is 1. The minimum absolute atomic E-state index is 0.302. The Bertz CT molecular complexity index is 610. The van der Waals surface area contributed by atoms with E-state index in [9.17, 15) is 4.39 Å². The molecular weight excluding hydrogens is 265 g/mol. The number of halogens is 1. The molecule has 2 nitrogen and oxygen atoms in total. The summed E-state index contributed by atoms with van der Waals surface area (Å²) >= 11 is 0. The van der Waals surface area contributed by atoms with Crippen LogP contribution in [0.5, 0.6) is 5.75 Å². The molecule has 0 saturated carbocycles. The highest BCUT2D eigenvalue weighted by atomic mass is 19.1. The second-order valence-corrected chi connectivity index (χ2v) is 5.26. The Morgan fingerprint density at radius 1 is 1.10 bits per heavy atom. The van der Waals surface area contributed by atoms with E-state index in [0.29, 0.717) is 18.9 Å². The van der Waals surface area contributed by atoms with Gasteiger partial charge in [0.25, 0.3) is 0 Å². The van der Waals surface area contributed by atoms with Crippen molar-refractivity contribution in [3.63, 3.8) is 0 Å². The first-order chi connectivity index (χ1) is 10.1. The molecular formula is C18H22FNO. The maximum Gasteiger partial charge on any atom is 0.165 e. The number of hydrogen-bond acceptors (Lipinski definition) is 2. The summed E-state index contributed by atoms with van der Waals surface area (Å²) in [5.74, 6) is -0.00753. The first-order valence-corrected chi connectivity index (χ1v) is 7.28. The fraction of sp³-hybridized carbons (Fsp3) is 0.333. The molecule has 0 amide bonds. The molecule has 21 heavy (non-hydrogen) atoms. The fourth-order valence-electron chi connectivity index (χ4n) is 2.15. The second kappa shape index (κ2) is 7.23. The lowest BCUT2D eigenvalue weighted by Gasteiger charge is -2.11. The Morgan fingerprint density at radius 3 is 2.62 bits per heavy atom. The van der Waals surface area contributed by atoms with Gasteiger partial charge in [-0.05, 0) is 49.2 Å². The van der Waals surface area contributed by atoms with Crippen molar-refractivity contribution in [3.8, 4) is 5.75 Å². The van der Waals surface area contributed by atoms with Crippen molar-refractivity contribution < 1.29 is 9.13 Å². The normalized spacial score (nSPS) is 10.7. The zero-order valence-corrected chi connectivity index (χ0v) is 12.9. The maximum atomic E-state index is 14.0. The Kier molecular flexibility index (Phi) is 5.34. The zero-order chi connectivity index (χ0) is 15.2. The third-order valence-corrected chi connectivity index (χ3v) is 3.46. The monoisotopic (exact) mass is 287 g/mol. The lowest BCUT2D eigenvalue weighted by molar-refractivity contribution is 0.289. The van der Waals surface area contributed by atoms with E-state index in [-0.39, 0.29) is 5.82 Å². The van der Waals surface area contributed by atoms with Gasteiger partial charge in [0, 0.05) is 6.54 Å². The molecule has 0 radical (unpaired) electrons. The summed E-state index contributed by atoms with van der Waals surface area (Å²) in [6.07, 6.45) is 0. The van der Waals surface area contributed by atoms with E-state index in [1.165, 1.54) is 11.6 Å². The first kappa shape index (κ1) is 15.5. The van der Waals surface area contributed by atoms with Crippen molar-refractivity contribution in [1.82, 2.24) is 5.32 Å². The van der Waals surface area contributed by atoms with Crippen LogP contribution in [0.4, 0.5) is 4.39 Å². The van der Waals surface area contributed by atoms with E-state index < -0.39 is 0 Å². The van der Waals surface area contributed by atoms with E-state index in [4.69, 9.17) is 4.74 Å². The van der Waals surface area contributed by atoms with Gasteiger partial charge in [-0.3, -0.25) is 0 Å². The summed E-state index contributed by atoms with van der Waals surface area (Å²) in [7, 11) is 0. The van der Waals surface area contributed by atoms with Gasteiger partial charge >= 0.3 is 0 Å². The predicted octanol–water partition coefficient (Wildman–Crippen LogP) is 4.13. The van der Waals surface area contributed by atoms with Crippen LogP contribution in [0.2, 0.25) is 0 Å². The number of rotatable bonds is 6. The Hall–Kier alpha value is -1.87. The van der Waals surface area contributed by atoms with Crippen LogP contribution in [-0.2, 0) is 13.2 Å². The average molecular weight is 287 g/mol. The molecule has 1 N–H and O–H groups in total. The van der Waals surface area contributed by atoms with Gasteiger partial charge in [-0.1, -0.05) is 36.8 Å². The van der Waals surface area contributed by atoms with Crippen molar-refractivity contribution in [1.29, 1.82) is 0 Å². The summed E-state index contributed by atoms with van der Waals surface area (Å²) < 4.78 is 19.6. The second-order valence-electron chi connectivity index (χ2n) is 5.26. The largest absolute Gasteiger partial charge is 0.486 e. The molecule has 3 heteroatoms. The third-order valence-electron chi connectivity index (χ3n) is 3.46. The Balaban J connectivity index is 2.04. The van der Waals surface area contributed by atoms with Crippen LogP contribution in [0.15, 0.2) is 36.4 Å². The molecule has 0 aliphatic heterocycles. The van der Waals surface area contributed by atoms with E-state index in [1.807, 2.05) is 26.8 Å². The lowest BCUT2D eigenvalue weighted by Crippen LogP contribution is -2.11. The van der Waals surface area contributed by atoms with Gasteiger partial charge in [0.05, 0.1) is 0 Å². The molecule has 2 rings (SSSR count). The summed E-state index contributed by atoms with van der Waals surface area (Å²) in [4.78, 5) is 0. The van der Waals surface area contributed by atoms with Crippen molar-refractivity contribution in [2.45, 2.75) is 33.9 Å². The molecule has 0 unspecified atom stereocenters. The van der Waals surface area contributed by atoms with E-state index in [0.717, 1.165) is 23.2 Å². The fourth-order valence-corrected chi connectivity index (χ4v) is 2.15. The van der Waals surface area contributed by atoms with Crippen LogP contribution >= 0.6 is 0 Å². The van der Waals surface area contributed by atoms with Gasteiger partial charge < -0.3 is 10.1 Å². The molecule has 112 valence electrons. The van der Waals surface area contributed by atoms with Crippen LogP contribution in [-0.4, -0.2) is 6.54 Å². The third kappa shape index (κ3) is 4.30. The quantitative estimate of drug-likeness (QED) is 0.862. The number of ether oxygens (including phenoxy) is 1. The summed E-state index contributed by atoms with van der Waals surface area (Å²) in [5, 5.41) is 3.18. The zero-order valence-electron chi connectivity index (χ0n) is 12.9.